The molecule has 1 aromatic carbocycles. The number of rotatable bonds is 6. The van der Waals surface area contributed by atoms with Gasteiger partial charge >= 0.3 is 0 Å². The number of carbonyl (C=O) groups is 2. The van der Waals surface area contributed by atoms with E-state index in [0.29, 0.717) is 28.8 Å². The van der Waals surface area contributed by atoms with Crippen molar-refractivity contribution in [1.29, 1.82) is 0 Å². The molecule has 1 aliphatic rings. The van der Waals surface area contributed by atoms with Crippen molar-refractivity contribution in [2.45, 2.75) is 24.2 Å². The molecule has 1 aromatic heterocycles. The number of carbonyl (C=O) groups excluding carboxylic acids is 2. The number of nitrogens with zero attached hydrogens (tertiary/aromatic N) is 2. The van der Waals surface area contributed by atoms with Gasteiger partial charge in [-0.2, -0.15) is 4.31 Å². The van der Waals surface area contributed by atoms with E-state index in [-0.39, 0.29) is 16.3 Å². The van der Waals surface area contributed by atoms with E-state index < -0.39 is 21.8 Å². The maximum atomic E-state index is 13.0. The molecule has 1 aliphatic heterocycles. The minimum atomic E-state index is -3.75. The minimum Gasteiger partial charge on any atom is -0.332 e. The number of anilines is 1. The first-order valence-electron chi connectivity index (χ1n) is 9.28. The second-order valence-corrected chi connectivity index (χ2v) is 10.6. The molecule has 0 atom stereocenters. The molecular weight excluding hydrogens is 469 g/mol. The first-order chi connectivity index (χ1) is 14.2. The van der Waals surface area contributed by atoms with E-state index in [2.05, 4.69) is 5.32 Å². The molecule has 0 saturated carbocycles. The number of amides is 2. The van der Waals surface area contributed by atoms with Gasteiger partial charge in [-0.3, -0.25) is 9.59 Å². The first-order valence-corrected chi connectivity index (χ1v) is 12.4. The Bertz CT molecular complexity index is 1050. The molecule has 30 heavy (non-hydrogen) atoms. The fourth-order valence-electron chi connectivity index (χ4n) is 3.14. The lowest BCUT2D eigenvalue weighted by molar-refractivity contribution is -0.116. The number of sulfonamides is 1. The molecule has 2 aromatic rings. The van der Waals surface area contributed by atoms with Gasteiger partial charge in [0.2, 0.25) is 15.9 Å². The number of hydrogen-bond donors (Lipinski definition) is 1. The molecule has 1 fully saturated rings. The highest BCUT2D eigenvalue weighted by Gasteiger charge is 2.32. The maximum Gasteiger partial charge on any atom is 0.265 e. The molecule has 7 nitrogen and oxygen atoms in total. The monoisotopic (exact) mass is 489 g/mol. The Balaban J connectivity index is 1.70. The number of hydrogen-bond acceptors (Lipinski definition) is 5. The molecular formula is C19H21Cl2N3O4S2. The standard InChI is InChI=1S/C19H21Cl2N3O4S2/c1-23(12-17(25)22-13-5-6-14(20)15(21)11-13)19(26)18-16(7-10-29-18)30(27,28)24-8-3-2-4-9-24/h5-7,10-11H,2-4,8-9,12H2,1H3,(H,22,25). The van der Waals surface area contributed by atoms with E-state index in [4.69, 9.17) is 23.2 Å². The zero-order valence-electron chi connectivity index (χ0n) is 16.2. The Labute approximate surface area is 189 Å². The lowest BCUT2D eigenvalue weighted by Gasteiger charge is -2.26. The van der Waals surface area contributed by atoms with E-state index >= 15 is 0 Å². The Morgan fingerprint density at radius 1 is 1.13 bits per heavy atom. The topological polar surface area (TPSA) is 86.8 Å². The molecule has 2 heterocycles. The Kier molecular flexibility index (Phi) is 7.41. The molecule has 3 rings (SSSR count). The predicted octanol–water partition coefficient (Wildman–Crippen LogP) is 3.94. The smallest absolute Gasteiger partial charge is 0.265 e. The summed E-state index contributed by atoms with van der Waals surface area (Å²) >= 11 is 12.8. The summed E-state index contributed by atoms with van der Waals surface area (Å²) in [6, 6.07) is 6.10. The first kappa shape index (κ1) is 23.0. The van der Waals surface area contributed by atoms with Gasteiger partial charge < -0.3 is 10.2 Å². The fraction of sp³-hybridized carbons (Fsp3) is 0.368. The lowest BCUT2D eigenvalue weighted by atomic mass is 10.2. The Morgan fingerprint density at radius 3 is 2.50 bits per heavy atom. The van der Waals surface area contributed by atoms with Gasteiger partial charge in [-0.1, -0.05) is 29.6 Å². The fourth-order valence-corrected chi connectivity index (χ4v) is 6.34. The van der Waals surface area contributed by atoms with Gasteiger partial charge in [0.25, 0.3) is 5.91 Å². The van der Waals surface area contributed by atoms with Gasteiger partial charge in [0, 0.05) is 25.8 Å². The molecule has 1 N–H and O–H groups in total. The average molecular weight is 490 g/mol. The van der Waals surface area contributed by atoms with Gasteiger partial charge in [0.1, 0.15) is 9.77 Å². The summed E-state index contributed by atoms with van der Waals surface area (Å²) in [6.45, 7) is 0.654. The third kappa shape index (κ3) is 5.15. The third-order valence-electron chi connectivity index (χ3n) is 4.69. The van der Waals surface area contributed by atoms with Crippen LogP contribution in [-0.4, -0.2) is 56.1 Å². The van der Waals surface area contributed by atoms with Gasteiger partial charge in [-0.15, -0.1) is 11.3 Å². The van der Waals surface area contributed by atoms with Gasteiger partial charge in [0.05, 0.1) is 16.6 Å². The van der Waals surface area contributed by atoms with Crippen LogP contribution in [0.3, 0.4) is 0 Å². The molecule has 0 aliphatic carbocycles. The molecule has 2 amide bonds. The van der Waals surface area contributed by atoms with Crippen molar-refractivity contribution in [3.8, 4) is 0 Å². The number of halogens is 2. The zero-order valence-corrected chi connectivity index (χ0v) is 19.4. The van der Waals surface area contributed by atoms with Crippen LogP contribution in [0.4, 0.5) is 5.69 Å². The maximum absolute atomic E-state index is 13.0. The van der Waals surface area contributed by atoms with Crippen LogP contribution in [-0.2, 0) is 14.8 Å². The van der Waals surface area contributed by atoms with Crippen LogP contribution in [0.15, 0.2) is 34.5 Å². The van der Waals surface area contributed by atoms with Crippen molar-refractivity contribution >= 4 is 62.1 Å². The minimum absolute atomic E-state index is 0.00357. The molecule has 11 heteroatoms. The lowest BCUT2D eigenvalue weighted by Crippen LogP contribution is -2.38. The van der Waals surface area contributed by atoms with E-state index in [1.165, 1.54) is 28.4 Å². The van der Waals surface area contributed by atoms with Crippen LogP contribution in [0.25, 0.3) is 0 Å². The zero-order chi connectivity index (χ0) is 21.9. The number of likely N-dealkylation sites (N-methyl/N-ethyl adjacent to an activating group) is 1. The molecule has 0 radical (unpaired) electrons. The number of nitrogens with one attached hydrogen (secondary N) is 1. The quantitative estimate of drug-likeness (QED) is 0.665. The van der Waals surface area contributed by atoms with Crippen LogP contribution in [0, 0.1) is 0 Å². The number of piperidine rings is 1. The van der Waals surface area contributed by atoms with Crippen LogP contribution >= 0.6 is 34.5 Å². The number of benzene rings is 1. The van der Waals surface area contributed by atoms with Crippen molar-refractivity contribution in [3.63, 3.8) is 0 Å². The van der Waals surface area contributed by atoms with E-state index in [1.54, 1.807) is 17.5 Å². The summed E-state index contributed by atoms with van der Waals surface area (Å²) in [5, 5.41) is 4.88. The van der Waals surface area contributed by atoms with Gasteiger partial charge in [0.15, 0.2) is 0 Å². The van der Waals surface area contributed by atoms with Crippen LogP contribution in [0.5, 0.6) is 0 Å². The summed E-state index contributed by atoms with van der Waals surface area (Å²) in [5.74, 6) is -0.967. The summed E-state index contributed by atoms with van der Waals surface area (Å²) in [5.41, 5.74) is 0.444. The highest BCUT2D eigenvalue weighted by Crippen LogP contribution is 2.28. The van der Waals surface area contributed by atoms with Gasteiger partial charge in [-0.25, -0.2) is 8.42 Å². The summed E-state index contributed by atoms with van der Waals surface area (Å²) in [4.78, 5) is 26.5. The normalized spacial score (nSPS) is 15.0. The SMILES string of the molecule is CN(CC(=O)Nc1ccc(Cl)c(Cl)c1)C(=O)c1sccc1S(=O)(=O)N1CCCCC1. The average Bonchev–Trinajstić information content (AvgIpc) is 3.21. The summed E-state index contributed by atoms with van der Waals surface area (Å²) in [7, 11) is -2.29. The molecule has 0 spiro atoms. The van der Waals surface area contributed by atoms with Crippen LogP contribution in [0.1, 0.15) is 28.9 Å². The largest absolute Gasteiger partial charge is 0.332 e. The Morgan fingerprint density at radius 2 is 1.83 bits per heavy atom. The van der Waals surface area contributed by atoms with Gasteiger partial charge in [-0.05, 0) is 42.5 Å². The van der Waals surface area contributed by atoms with Crippen molar-refractivity contribution in [3.05, 3.63) is 44.6 Å². The van der Waals surface area contributed by atoms with E-state index in [1.807, 2.05) is 0 Å². The molecule has 0 unspecified atom stereocenters. The second-order valence-electron chi connectivity index (χ2n) is 6.92. The highest BCUT2D eigenvalue weighted by molar-refractivity contribution is 7.89. The van der Waals surface area contributed by atoms with E-state index in [9.17, 15) is 18.0 Å². The van der Waals surface area contributed by atoms with Crippen molar-refractivity contribution in [1.82, 2.24) is 9.21 Å². The summed E-state index contributed by atoms with van der Waals surface area (Å²) < 4.78 is 27.4. The van der Waals surface area contributed by atoms with Crippen LogP contribution < -0.4 is 5.32 Å². The third-order valence-corrected chi connectivity index (χ3v) is 8.40. The van der Waals surface area contributed by atoms with E-state index in [0.717, 1.165) is 30.6 Å². The van der Waals surface area contributed by atoms with Crippen molar-refractivity contribution < 1.29 is 18.0 Å². The second kappa shape index (κ2) is 9.65. The molecule has 162 valence electrons. The van der Waals surface area contributed by atoms with Crippen molar-refractivity contribution in [2.75, 3.05) is 32.0 Å². The number of thiophene rings is 1. The van der Waals surface area contributed by atoms with Crippen molar-refractivity contribution in [2.24, 2.45) is 0 Å². The molecule has 1 saturated heterocycles. The molecule has 0 bridgehead atoms. The highest BCUT2D eigenvalue weighted by atomic mass is 35.5. The summed E-state index contributed by atoms with van der Waals surface area (Å²) in [6.07, 6.45) is 2.61. The Hall–Kier alpha value is -1.65. The van der Waals surface area contributed by atoms with Crippen LogP contribution in [0.2, 0.25) is 10.0 Å². The predicted molar refractivity (Wildman–Crippen MR) is 119 cm³/mol.